The fraction of sp³-hybridized carbons (Fsp3) is 0.368. The van der Waals surface area contributed by atoms with Crippen LogP contribution in [0.15, 0.2) is 35.6 Å². The summed E-state index contributed by atoms with van der Waals surface area (Å²) in [7, 11) is 1.49. The third kappa shape index (κ3) is 4.62. The maximum Gasteiger partial charge on any atom is 0.274 e. The van der Waals surface area contributed by atoms with Crippen molar-refractivity contribution in [2.75, 3.05) is 19.1 Å². The van der Waals surface area contributed by atoms with E-state index in [1.54, 1.807) is 19.1 Å². The number of amidine groups is 1. The number of amides is 1. The van der Waals surface area contributed by atoms with Crippen LogP contribution < -0.4 is 15.8 Å². The van der Waals surface area contributed by atoms with Gasteiger partial charge in [0.05, 0.1) is 34.3 Å². The minimum atomic E-state index is -0.867. The molecule has 0 saturated heterocycles. The van der Waals surface area contributed by atoms with Crippen LogP contribution in [-0.4, -0.2) is 39.6 Å². The lowest BCUT2D eigenvalue weighted by atomic mass is 9.84. The Morgan fingerprint density at radius 1 is 1.38 bits per heavy atom. The molecule has 0 unspecified atom stereocenters. The Kier molecular flexibility index (Phi) is 6.00. The van der Waals surface area contributed by atoms with Gasteiger partial charge in [-0.2, -0.15) is 0 Å². The predicted octanol–water partition coefficient (Wildman–Crippen LogP) is 3.79. The first-order chi connectivity index (χ1) is 13.7. The van der Waals surface area contributed by atoms with E-state index in [2.05, 4.69) is 20.3 Å². The summed E-state index contributed by atoms with van der Waals surface area (Å²) in [5, 5.41) is 3.48. The van der Waals surface area contributed by atoms with E-state index < -0.39 is 22.9 Å². The molecule has 0 fully saturated rings. The maximum absolute atomic E-state index is 13.7. The molecule has 2 atom stereocenters. The molecule has 0 spiro atoms. The van der Waals surface area contributed by atoms with E-state index in [-0.39, 0.29) is 5.69 Å². The van der Waals surface area contributed by atoms with Crippen LogP contribution in [0, 0.1) is 0 Å². The van der Waals surface area contributed by atoms with Crippen LogP contribution >= 0.6 is 23.4 Å². The predicted molar refractivity (Wildman–Crippen MR) is 114 cm³/mol. The molecule has 0 aromatic carbocycles. The van der Waals surface area contributed by atoms with Crippen molar-refractivity contribution < 1.29 is 13.9 Å². The van der Waals surface area contributed by atoms with Crippen LogP contribution in [0.1, 0.15) is 36.3 Å². The van der Waals surface area contributed by atoms with Crippen LogP contribution in [0.25, 0.3) is 0 Å². The first kappa shape index (κ1) is 21.3. The maximum atomic E-state index is 13.7. The first-order valence-corrected chi connectivity index (χ1v) is 9.95. The number of nitrogens with one attached hydrogen (secondary N) is 1. The molecule has 0 bridgehead atoms. The van der Waals surface area contributed by atoms with Crippen LogP contribution in [-0.2, 0) is 5.54 Å². The van der Waals surface area contributed by atoms with Crippen molar-refractivity contribution in [1.29, 1.82) is 0 Å². The lowest BCUT2D eigenvalue weighted by molar-refractivity contribution is 0.102. The molecular formula is C19H21ClFN5O2S. The monoisotopic (exact) mass is 437 g/mol. The van der Waals surface area contributed by atoms with Gasteiger partial charge >= 0.3 is 0 Å². The summed E-state index contributed by atoms with van der Waals surface area (Å²) in [5.41, 5.74) is 6.36. The zero-order valence-electron chi connectivity index (χ0n) is 16.2. The molecule has 3 heterocycles. The van der Waals surface area contributed by atoms with Crippen LogP contribution in [0.4, 0.5) is 10.1 Å². The third-order valence-electron chi connectivity index (χ3n) is 4.55. The van der Waals surface area contributed by atoms with E-state index >= 15 is 0 Å². The second kappa shape index (κ2) is 8.16. The molecule has 3 rings (SSSR count). The van der Waals surface area contributed by atoms with Gasteiger partial charge in [-0.3, -0.25) is 9.79 Å². The van der Waals surface area contributed by atoms with Gasteiger partial charge in [0.2, 0.25) is 5.88 Å². The number of halogens is 2. The number of nitrogens with two attached hydrogens (primary N) is 1. The zero-order chi connectivity index (χ0) is 21.2. The quantitative estimate of drug-likeness (QED) is 0.737. The highest BCUT2D eigenvalue weighted by molar-refractivity contribution is 8.15. The SMILES string of the molecule is COc1ncc(NC(=O)c2ccc(Cl)cn2)cc1[C@]1(C)C[C@](C)(CF)SC(N)=N1. The summed E-state index contributed by atoms with van der Waals surface area (Å²) in [6, 6.07) is 4.81. The van der Waals surface area contributed by atoms with Gasteiger partial charge in [0, 0.05) is 11.8 Å². The van der Waals surface area contributed by atoms with Gasteiger partial charge in [-0.25, -0.2) is 14.4 Å². The van der Waals surface area contributed by atoms with E-state index in [1.807, 2.05) is 6.92 Å². The molecule has 29 heavy (non-hydrogen) atoms. The Morgan fingerprint density at radius 2 is 2.14 bits per heavy atom. The van der Waals surface area contributed by atoms with E-state index in [9.17, 15) is 9.18 Å². The van der Waals surface area contributed by atoms with Crippen molar-refractivity contribution in [3.63, 3.8) is 0 Å². The summed E-state index contributed by atoms with van der Waals surface area (Å²) < 4.78 is 18.4. The normalized spacial score (nSPS) is 24.0. The summed E-state index contributed by atoms with van der Waals surface area (Å²) in [5.74, 6) is -0.0830. The van der Waals surface area contributed by atoms with Gasteiger partial charge < -0.3 is 15.8 Å². The summed E-state index contributed by atoms with van der Waals surface area (Å²) in [4.78, 5) is 25.3. The number of aliphatic imine (C=N–C) groups is 1. The Bertz CT molecular complexity index is 958. The molecule has 1 aliphatic heterocycles. The van der Waals surface area contributed by atoms with E-state index in [1.165, 1.54) is 37.3 Å². The zero-order valence-corrected chi connectivity index (χ0v) is 17.8. The standard InChI is InChI=1S/C19H21ClFN5O2S/c1-18(10-21)9-19(2,26-17(22)29-18)13-6-12(8-24-16(13)28-3)25-15(27)14-5-4-11(20)7-23-14/h4-8H,9-10H2,1-3H3,(H2,22,26)(H,25,27)/t18-,19+/m1/s1. The lowest BCUT2D eigenvalue weighted by Crippen LogP contribution is -2.41. The van der Waals surface area contributed by atoms with Crippen LogP contribution in [0.3, 0.4) is 0 Å². The third-order valence-corrected chi connectivity index (χ3v) is 5.82. The summed E-state index contributed by atoms with van der Waals surface area (Å²) in [6.07, 6.45) is 3.25. The number of anilines is 1. The highest BCUT2D eigenvalue weighted by Gasteiger charge is 2.44. The Morgan fingerprint density at radius 3 is 2.76 bits per heavy atom. The van der Waals surface area contributed by atoms with Crippen molar-refractivity contribution in [3.05, 3.63) is 46.9 Å². The van der Waals surface area contributed by atoms with Crippen LogP contribution in [0.2, 0.25) is 5.02 Å². The number of alkyl halides is 1. The number of thioether (sulfide) groups is 1. The average Bonchev–Trinajstić information content (AvgIpc) is 2.67. The average molecular weight is 438 g/mol. The largest absolute Gasteiger partial charge is 0.481 e. The van der Waals surface area contributed by atoms with Crippen molar-refractivity contribution >= 4 is 40.1 Å². The second-order valence-electron chi connectivity index (χ2n) is 7.18. The van der Waals surface area contributed by atoms with E-state index in [0.29, 0.717) is 33.7 Å². The molecule has 0 radical (unpaired) electrons. The fourth-order valence-corrected chi connectivity index (χ4v) is 4.60. The summed E-state index contributed by atoms with van der Waals surface area (Å²) in [6.45, 7) is 3.09. The molecule has 0 aliphatic carbocycles. The number of aromatic nitrogens is 2. The highest BCUT2D eigenvalue weighted by atomic mass is 35.5. The van der Waals surface area contributed by atoms with Crippen LogP contribution in [0.5, 0.6) is 5.88 Å². The number of hydrogen-bond acceptors (Lipinski definition) is 7. The number of pyridine rings is 2. The number of rotatable bonds is 5. The molecule has 2 aromatic rings. The number of ether oxygens (including phenoxy) is 1. The molecule has 1 amide bonds. The lowest BCUT2D eigenvalue weighted by Gasteiger charge is -2.39. The van der Waals surface area contributed by atoms with Gasteiger partial charge in [0.25, 0.3) is 5.91 Å². The Balaban J connectivity index is 1.96. The van der Waals surface area contributed by atoms with Crippen molar-refractivity contribution in [3.8, 4) is 5.88 Å². The van der Waals surface area contributed by atoms with E-state index in [0.717, 1.165) is 0 Å². The van der Waals surface area contributed by atoms with Gasteiger partial charge in [-0.1, -0.05) is 23.4 Å². The van der Waals surface area contributed by atoms with Crippen molar-refractivity contribution in [2.45, 2.75) is 30.6 Å². The number of nitrogens with zero attached hydrogens (tertiary/aromatic N) is 3. The van der Waals surface area contributed by atoms with Crippen molar-refractivity contribution in [1.82, 2.24) is 9.97 Å². The number of methoxy groups -OCH3 is 1. The summed E-state index contributed by atoms with van der Waals surface area (Å²) >= 11 is 7.02. The van der Waals surface area contributed by atoms with Gasteiger partial charge in [0.1, 0.15) is 12.4 Å². The number of carbonyl (C=O) groups is 1. The smallest absolute Gasteiger partial charge is 0.274 e. The minimum Gasteiger partial charge on any atom is -0.481 e. The molecule has 2 aromatic heterocycles. The van der Waals surface area contributed by atoms with Gasteiger partial charge in [-0.05, 0) is 38.5 Å². The van der Waals surface area contributed by atoms with Gasteiger partial charge in [-0.15, -0.1) is 0 Å². The number of carbonyl (C=O) groups excluding carboxylic acids is 1. The fourth-order valence-electron chi connectivity index (χ4n) is 3.33. The topological polar surface area (TPSA) is 102 Å². The first-order valence-electron chi connectivity index (χ1n) is 8.76. The highest BCUT2D eigenvalue weighted by Crippen LogP contribution is 2.47. The molecule has 154 valence electrons. The second-order valence-corrected chi connectivity index (χ2v) is 9.23. The molecule has 3 N–H and O–H groups in total. The van der Waals surface area contributed by atoms with E-state index in [4.69, 9.17) is 22.1 Å². The molecular weight excluding hydrogens is 417 g/mol. The van der Waals surface area contributed by atoms with Crippen molar-refractivity contribution in [2.24, 2.45) is 10.7 Å². The minimum absolute atomic E-state index is 0.208. The molecule has 10 heteroatoms. The molecule has 1 aliphatic rings. The number of hydrogen-bond donors (Lipinski definition) is 2. The Hall–Kier alpha value is -2.39. The Labute approximate surface area is 177 Å². The van der Waals surface area contributed by atoms with Gasteiger partial charge in [0.15, 0.2) is 5.17 Å². The molecule has 0 saturated carbocycles. The molecule has 7 nitrogen and oxygen atoms in total.